The van der Waals surface area contributed by atoms with E-state index in [1.807, 2.05) is 0 Å². The van der Waals surface area contributed by atoms with Crippen molar-refractivity contribution in [3.05, 3.63) is 0 Å². The summed E-state index contributed by atoms with van der Waals surface area (Å²) in [6.45, 7) is 9.49. The summed E-state index contributed by atoms with van der Waals surface area (Å²) in [4.78, 5) is 0. The molecule has 0 aromatic carbocycles. The molecule has 0 aromatic heterocycles. The zero-order valence-corrected chi connectivity index (χ0v) is 12.8. The van der Waals surface area contributed by atoms with Crippen LogP contribution in [0.3, 0.4) is 0 Å². The van der Waals surface area contributed by atoms with E-state index in [1.165, 1.54) is 25.7 Å². The molecular weight excluding hydrogens is 218 g/mol. The molecule has 4 fully saturated rings. The van der Waals surface area contributed by atoms with Crippen LogP contribution in [0, 0.1) is 23.2 Å². The van der Waals surface area contributed by atoms with E-state index in [4.69, 9.17) is 0 Å². The molecule has 2 unspecified atom stereocenters. The maximum Gasteiger partial charge on any atom is 0.0194 e. The summed E-state index contributed by atoms with van der Waals surface area (Å²) in [6.07, 6.45) is 10.5. The minimum Gasteiger partial charge on any atom is -0.309 e. The van der Waals surface area contributed by atoms with Crippen LogP contribution in [0.5, 0.6) is 0 Å². The van der Waals surface area contributed by atoms with Crippen molar-refractivity contribution in [1.29, 1.82) is 0 Å². The molecule has 104 valence electrons. The molecular formula is C17H31N. The van der Waals surface area contributed by atoms with Gasteiger partial charge in [0.1, 0.15) is 0 Å². The van der Waals surface area contributed by atoms with Crippen molar-refractivity contribution in [2.75, 3.05) is 0 Å². The summed E-state index contributed by atoms with van der Waals surface area (Å²) in [6, 6.07) is 0.650. The molecule has 1 N–H and O–H groups in total. The van der Waals surface area contributed by atoms with Crippen molar-refractivity contribution in [1.82, 2.24) is 5.32 Å². The van der Waals surface area contributed by atoms with Gasteiger partial charge in [-0.15, -0.1) is 0 Å². The van der Waals surface area contributed by atoms with Gasteiger partial charge in [-0.25, -0.2) is 0 Å². The zero-order valence-electron chi connectivity index (χ0n) is 12.8. The summed E-state index contributed by atoms with van der Waals surface area (Å²) in [5.74, 6) is 2.95. The van der Waals surface area contributed by atoms with Crippen molar-refractivity contribution in [3.8, 4) is 0 Å². The Morgan fingerprint density at radius 1 is 1.00 bits per heavy atom. The second-order valence-electron chi connectivity index (χ2n) is 8.64. The van der Waals surface area contributed by atoms with Crippen molar-refractivity contribution in [3.63, 3.8) is 0 Å². The van der Waals surface area contributed by atoms with E-state index in [0.29, 0.717) is 17.0 Å². The lowest BCUT2D eigenvalue weighted by Gasteiger charge is -2.63. The molecule has 0 radical (unpaired) electrons. The minimum absolute atomic E-state index is 0.521. The van der Waals surface area contributed by atoms with E-state index in [2.05, 4.69) is 33.0 Å². The highest BCUT2D eigenvalue weighted by Crippen LogP contribution is 2.63. The van der Waals surface area contributed by atoms with Gasteiger partial charge in [-0.3, -0.25) is 0 Å². The summed E-state index contributed by atoms with van der Waals surface area (Å²) >= 11 is 0. The SMILES string of the molecule is CC(C)CC12CC3CC(C1)CC(NC(C)C)(C3)C2. The second-order valence-corrected chi connectivity index (χ2v) is 8.64. The standard InChI is InChI=1S/C17H31N/c1-12(2)6-16-7-14-5-15(8-16)10-17(9-14,11-16)18-13(3)4/h12-15,18H,5-11H2,1-4H3. The zero-order chi connectivity index (χ0) is 13.0. The number of hydrogen-bond donors (Lipinski definition) is 1. The average molecular weight is 249 g/mol. The van der Waals surface area contributed by atoms with Crippen LogP contribution in [0.1, 0.15) is 72.6 Å². The Bertz CT molecular complexity index is 265. The average Bonchev–Trinajstić information content (AvgIpc) is 2.08. The lowest BCUT2D eigenvalue weighted by Crippen LogP contribution is -2.63. The van der Waals surface area contributed by atoms with Gasteiger partial charge in [-0.2, -0.15) is 0 Å². The third-order valence-corrected chi connectivity index (χ3v) is 5.62. The molecule has 18 heavy (non-hydrogen) atoms. The molecule has 4 aliphatic carbocycles. The molecule has 1 heteroatoms. The number of rotatable bonds is 4. The van der Waals surface area contributed by atoms with E-state index in [1.54, 1.807) is 19.3 Å². The van der Waals surface area contributed by atoms with Crippen molar-refractivity contribution in [2.24, 2.45) is 23.2 Å². The van der Waals surface area contributed by atoms with Crippen LogP contribution in [0.2, 0.25) is 0 Å². The van der Waals surface area contributed by atoms with Crippen LogP contribution in [-0.2, 0) is 0 Å². The molecule has 4 rings (SSSR count). The first-order chi connectivity index (χ1) is 8.40. The van der Waals surface area contributed by atoms with Crippen LogP contribution >= 0.6 is 0 Å². The monoisotopic (exact) mass is 249 g/mol. The van der Waals surface area contributed by atoms with E-state index in [0.717, 1.165) is 17.8 Å². The van der Waals surface area contributed by atoms with Gasteiger partial charge in [0.15, 0.2) is 0 Å². The van der Waals surface area contributed by atoms with Crippen molar-refractivity contribution in [2.45, 2.75) is 84.2 Å². The first-order valence-corrected chi connectivity index (χ1v) is 8.18. The van der Waals surface area contributed by atoms with E-state index < -0.39 is 0 Å². The highest BCUT2D eigenvalue weighted by molar-refractivity contribution is 5.12. The Labute approximate surface area is 113 Å². The van der Waals surface area contributed by atoms with Gasteiger partial charge in [-0.1, -0.05) is 27.7 Å². The number of nitrogens with one attached hydrogen (secondary N) is 1. The molecule has 0 heterocycles. The highest BCUT2D eigenvalue weighted by atomic mass is 15.0. The summed E-state index contributed by atoms with van der Waals surface area (Å²) in [5, 5.41) is 3.99. The topological polar surface area (TPSA) is 12.0 Å². The third-order valence-electron chi connectivity index (χ3n) is 5.62. The molecule has 0 saturated heterocycles. The first-order valence-electron chi connectivity index (χ1n) is 8.18. The van der Waals surface area contributed by atoms with E-state index in [-0.39, 0.29) is 0 Å². The molecule has 1 nitrogen and oxygen atoms in total. The smallest absolute Gasteiger partial charge is 0.0194 e. The Kier molecular flexibility index (Phi) is 3.05. The third kappa shape index (κ3) is 2.24. The summed E-state index contributed by atoms with van der Waals surface area (Å²) in [7, 11) is 0. The lowest BCUT2D eigenvalue weighted by atomic mass is 9.45. The summed E-state index contributed by atoms with van der Waals surface area (Å²) in [5.41, 5.74) is 1.23. The molecule has 0 spiro atoms. The fourth-order valence-corrected chi connectivity index (χ4v) is 6.34. The normalized spacial score (nSPS) is 46.3. The van der Waals surface area contributed by atoms with Gasteiger partial charge >= 0.3 is 0 Å². The van der Waals surface area contributed by atoms with Gasteiger partial charge < -0.3 is 5.32 Å². The predicted octanol–water partition coefficient (Wildman–Crippen LogP) is 4.37. The van der Waals surface area contributed by atoms with Gasteiger partial charge in [0.25, 0.3) is 0 Å². The second kappa shape index (κ2) is 4.23. The quantitative estimate of drug-likeness (QED) is 0.780. The predicted molar refractivity (Wildman–Crippen MR) is 77.6 cm³/mol. The Morgan fingerprint density at radius 3 is 2.11 bits per heavy atom. The Hall–Kier alpha value is -0.0400. The van der Waals surface area contributed by atoms with Crippen LogP contribution < -0.4 is 5.32 Å². The van der Waals surface area contributed by atoms with Crippen LogP contribution in [0.25, 0.3) is 0 Å². The minimum atomic E-state index is 0.521. The highest BCUT2D eigenvalue weighted by Gasteiger charge is 2.57. The molecule has 4 bridgehead atoms. The van der Waals surface area contributed by atoms with Gasteiger partial charge in [-0.05, 0) is 68.1 Å². The first kappa shape index (κ1) is 13.0. The van der Waals surface area contributed by atoms with Crippen LogP contribution in [0.15, 0.2) is 0 Å². The van der Waals surface area contributed by atoms with Crippen molar-refractivity contribution >= 4 is 0 Å². The van der Waals surface area contributed by atoms with Gasteiger partial charge in [0, 0.05) is 11.6 Å². The van der Waals surface area contributed by atoms with Crippen LogP contribution in [-0.4, -0.2) is 11.6 Å². The molecule has 0 aliphatic heterocycles. The fourth-order valence-electron chi connectivity index (χ4n) is 6.34. The molecule has 4 saturated carbocycles. The van der Waals surface area contributed by atoms with E-state index >= 15 is 0 Å². The van der Waals surface area contributed by atoms with Crippen molar-refractivity contribution < 1.29 is 0 Å². The molecule has 2 atom stereocenters. The Morgan fingerprint density at radius 2 is 1.61 bits per heavy atom. The molecule has 0 amide bonds. The number of hydrogen-bond acceptors (Lipinski definition) is 1. The van der Waals surface area contributed by atoms with E-state index in [9.17, 15) is 0 Å². The largest absolute Gasteiger partial charge is 0.309 e. The molecule has 0 aromatic rings. The Balaban J connectivity index is 1.83. The van der Waals surface area contributed by atoms with Gasteiger partial charge in [0.05, 0.1) is 0 Å². The van der Waals surface area contributed by atoms with Gasteiger partial charge in [0.2, 0.25) is 0 Å². The fraction of sp³-hybridized carbons (Fsp3) is 1.00. The lowest BCUT2D eigenvalue weighted by molar-refractivity contribution is -0.0928. The van der Waals surface area contributed by atoms with Crippen LogP contribution in [0.4, 0.5) is 0 Å². The molecule has 4 aliphatic rings. The maximum atomic E-state index is 3.99. The maximum absolute atomic E-state index is 3.99. The summed E-state index contributed by atoms with van der Waals surface area (Å²) < 4.78 is 0.